The van der Waals surface area contributed by atoms with Gasteiger partial charge in [0.05, 0.1) is 25.9 Å². The highest BCUT2D eigenvalue weighted by Gasteiger charge is 2.41. The normalized spacial score (nSPS) is 34.9. The fraction of sp³-hybridized carbons (Fsp3) is 0.923. The Kier molecular flexibility index (Phi) is 3.75. The third-order valence-corrected chi connectivity index (χ3v) is 4.15. The fourth-order valence-corrected chi connectivity index (χ4v) is 3.27. The molecule has 3 rings (SSSR count). The molecule has 2 atom stereocenters. The van der Waals surface area contributed by atoms with Gasteiger partial charge in [-0.15, -0.1) is 0 Å². The minimum Gasteiger partial charge on any atom is -0.479 e. The first-order valence-corrected chi connectivity index (χ1v) is 7.05. The van der Waals surface area contributed by atoms with Gasteiger partial charge in [0.1, 0.15) is 0 Å². The zero-order valence-corrected chi connectivity index (χ0v) is 11.0. The van der Waals surface area contributed by atoms with E-state index in [1.165, 1.54) is 0 Å². The molecule has 3 aliphatic rings. The van der Waals surface area contributed by atoms with E-state index >= 15 is 0 Å². The average Bonchev–Trinajstić information content (AvgIpc) is 3.00. The van der Waals surface area contributed by atoms with Gasteiger partial charge in [-0.3, -0.25) is 4.90 Å². The number of hydrogen-bond donors (Lipinski definition) is 1. The van der Waals surface area contributed by atoms with Crippen molar-refractivity contribution in [2.24, 2.45) is 0 Å². The van der Waals surface area contributed by atoms with Gasteiger partial charge in [-0.2, -0.15) is 0 Å². The van der Waals surface area contributed by atoms with Crippen LogP contribution in [0.25, 0.3) is 0 Å². The lowest BCUT2D eigenvalue weighted by Gasteiger charge is -2.39. The minimum atomic E-state index is -0.847. The van der Waals surface area contributed by atoms with Crippen molar-refractivity contribution in [3.05, 3.63) is 0 Å². The summed E-state index contributed by atoms with van der Waals surface area (Å²) in [6, 6.07) is 0. The van der Waals surface area contributed by atoms with Crippen molar-refractivity contribution < 1.29 is 24.1 Å². The molecule has 0 saturated carbocycles. The van der Waals surface area contributed by atoms with Crippen LogP contribution in [0, 0.1) is 0 Å². The Hall–Kier alpha value is -0.690. The molecule has 1 N–H and O–H groups in total. The molecule has 0 aromatic heterocycles. The summed E-state index contributed by atoms with van der Waals surface area (Å²) in [4.78, 5) is 13.1. The number of likely N-dealkylation sites (tertiary alicyclic amines) is 1. The molecular weight excluding hydrogens is 250 g/mol. The molecule has 0 bridgehead atoms. The van der Waals surface area contributed by atoms with Gasteiger partial charge in [0.2, 0.25) is 0 Å². The highest BCUT2D eigenvalue weighted by Crippen LogP contribution is 2.31. The number of piperidine rings is 1. The van der Waals surface area contributed by atoms with Crippen LogP contribution in [0.3, 0.4) is 0 Å². The number of hydrogen-bond acceptors (Lipinski definition) is 5. The predicted octanol–water partition coefficient (Wildman–Crippen LogP) is 0.458. The first-order valence-electron chi connectivity index (χ1n) is 7.05. The largest absolute Gasteiger partial charge is 0.479 e. The number of carbonyl (C=O) groups is 1. The van der Waals surface area contributed by atoms with E-state index in [0.717, 1.165) is 38.9 Å². The Morgan fingerprint density at radius 2 is 2.11 bits per heavy atom. The summed E-state index contributed by atoms with van der Waals surface area (Å²) < 4.78 is 17.0. The number of ether oxygens (including phenoxy) is 3. The molecular formula is C13H21NO5. The quantitative estimate of drug-likeness (QED) is 0.804. The number of rotatable bonds is 3. The Morgan fingerprint density at radius 3 is 2.79 bits per heavy atom. The number of aliphatic carboxylic acids is 1. The molecule has 3 saturated heterocycles. The smallest absolute Gasteiger partial charge is 0.332 e. The van der Waals surface area contributed by atoms with Gasteiger partial charge in [-0.05, 0) is 25.8 Å². The average molecular weight is 271 g/mol. The first-order chi connectivity index (χ1) is 9.17. The summed E-state index contributed by atoms with van der Waals surface area (Å²) in [5, 5.41) is 8.93. The maximum atomic E-state index is 10.9. The lowest BCUT2D eigenvalue weighted by atomic mass is 10.0. The molecule has 2 unspecified atom stereocenters. The van der Waals surface area contributed by atoms with Crippen molar-refractivity contribution in [2.75, 3.05) is 32.8 Å². The van der Waals surface area contributed by atoms with Crippen molar-refractivity contribution in [3.8, 4) is 0 Å². The summed E-state index contributed by atoms with van der Waals surface area (Å²) in [7, 11) is 0. The Bertz CT molecular complexity index is 342. The highest BCUT2D eigenvalue weighted by atomic mass is 16.7. The van der Waals surface area contributed by atoms with Crippen LogP contribution < -0.4 is 0 Å². The third-order valence-electron chi connectivity index (χ3n) is 4.15. The van der Waals surface area contributed by atoms with Gasteiger partial charge in [0.15, 0.2) is 11.9 Å². The van der Waals surface area contributed by atoms with Crippen LogP contribution in [0.15, 0.2) is 0 Å². The number of nitrogens with zero attached hydrogens (tertiary/aromatic N) is 1. The third kappa shape index (κ3) is 2.91. The molecule has 0 aromatic rings. The summed E-state index contributed by atoms with van der Waals surface area (Å²) in [5.74, 6) is -1.26. The van der Waals surface area contributed by atoms with E-state index < -0.39 is 17.9 Å². The van der Waals surface area contributed by atoms with E-state index in [0.29, 0.717) is 19.6 Å². The summed E-state index contributed by atoms with van der Waals surface area (Å²) in [6.45, 7) is 3.90. The predicted molar refractivity (Wildman–Crippen MR) is 65.8 cm³/mol. The van der Waals surface area contributed by atoms with Crippen LogP contribution in [0.2, 0.25) is 0 Å². The fourth-order valence-electron chi connectivity index (χ4n) is 3.27. The topological polar surface area (TPSA) is 68.2 Å². The Labute approximate surface area is 112 Å². The maximum absolute atomic E-state index is 10.9. The highest BCUT2D eigenvalue weighted by molar-refractivity contribution is 5.72. The van der Waals surface area contributed by atoms with Crippen molar-refractivity contribution in [1.29, 1.82) is 0 Å². The van der Waals surface area contributed by atoms with Gasteiger partial charge < -0.3 is 19.3 Å². The monoisotopic (exact) mass is 271 g/mol. The zero-order chi connectivity index (χ0) is 13.3. The summed E-state index contributed by atoms with van der Waals surface area (Å²) in [6.07, 6.45) is 2.84. The van der Waals surface area contributed by atoms with Crippen LogP contribution in [-0.4, -0.2) is 66.8 Å². The maximum Gasteiger partial charge on any atom is 0.332 e. The van der Waals surface area contributed by atoms with E-state index in [9.17, 15) is 4.79 Å². The Balaban J connectivity index is 1.51. The van der Waals surface area contributed by atoms with Crippen LogP contribution >= 0.6 is 0 Å². The second-order valence-corrected chi connectivity index (χ2v) is 5.61. The van der Waals surface area contributed by atoms with Crippen molar-refractivity contribution in [1.82, 2.24) is 4.90 Å². The molecule has 3 heterocycles. The van der Waals surface area contributed by atoms with Crippen LogP contribution in [0.1, 0.15) is 25.7 Å². The van der Waals surface area contributed by atoms with Gasteiger partial charge in [0, 0.05) is 13.0 Å². The van der Waals surface area contributed by atoms with Crippen LogP contribution in [0.4, 0.5) is 0 Å². The van der Waals surface area contributed by atoms with Crippen molar-refractivity contribution in [3.63, 3.8) is 0 Å². The SMILES string of the molecule is O=C(O)C1CCC(CN2CCCC3(C2)OCCO3)O1. The minimum absolute atomic E-state index is 0.0256. The van der Waals surface area contributed by atoms with Gasteiger partial charge in [0.25, 0.3) is 0 Å². The van der Waals surface area contributed by atoms with Gasteiger partial charge in [-0.1, -0.05) is 0 Å². The molecule has 0 radical (unpaired) electrons. The summed E-state index contributed by atoms with van der Waals surface area (Å²) >= 11 is 0. The van der Waals surface area contributed by atoms with Gasteiger partial charge >= 0.3 is 5.97 Å². The van der Waals surface area contributed by atoms with Gasteiger partial charge in [-0.25, -0.2) is 4.79 Å². The van der Waals surface area contributed by atoms with E-state index in [1.54, 1.807) is 0 Å². The first kappa shape index (κ1) is 13.3. The summed E-state index contributed by atoms with van der Waals surface area (Å²) in [5.41, 5.74) is 0. The molecule has 0 amide bonds. The van der Waals surface area contributed by atoms with Crippen molar-refractivity contribution in [2.45, 2.75) is 43.7 Å². The molecule has 6 nitrogen and oxygen atoms in total. The molecule has 1 spiro atoms. The second-order valence-electron chi connectivity index (χ2n) is 5.61. The second kappa shape index (κ2) is 5.36. The lowest BCUT2D eigenvalue weighted by Crippen LogP contribution is -2.50. The standard InChI is InChI=1S/C13H21NO5/c15-12(16)11-3-2-10(19-11)8-14-5-1-4-13(9-14)17-6-7-18-13/h10-11H,1-9H2,(H,15,16). The molecule has 3 fully saturated rings. The van der Waals surface area contributed by atoms with E-state index in [2.05, 4.69) is 4.90 Å². The molecule has 19 heavy (non-hydrogen) atoms. The van der Waals surface area contributed by atoms with E-state index in [1.807, 2.05) is 0 Å². The van der Waals surface area contributed by atoms with Crippen LogP contribution in [-0.2, 0) is 19.0 Å². The van der Waals surface area contributed by atoms with Crippen molar-refractivity contribution >= 4 is 5.97 Å². The van der Waals surface area contributed by atoms with E-state index in [4.69, 9.17) is 19.3 Å². The number of carboxylic acids is 1. The lowest BCUT2D eigenvalue weighted by molar-refractivity contribution is -0.192. The molecule has 0 aromatic carbocycles. The zero-order valence-electron chi connectivity index (χ0n) is 11.0. The molecule has 3 aliphatic heterocycles. The molecule has 0 aliphatic carbocycles. The Morgan fingerprint density at radius 1 is 1.32 bits per heavy atom. The molecule has 6 heteroatoms. The number of carboxylic acid groups (broad SMARTS) is 1. The van der Waals surface area contributed by atoms with E-state index in [-0.39, 0.29) is 6.10 Å². The van der Waals surface area contributed by atoms with Crippen LogP contribution in [0.5, 0.6) is 0 Å². The molecule has 108 valence electrons.